The minimum Gasteiger partial charge on any atom is -0.486 e. The van der Waals surface area contributed by atoms with Gasteiger partial charge in [0.25, 0.3) is 5.91 Å². The lowest BCUT2D eigenvalue weighted by Gasteiger charge is -2.27. The Bertz CT molecular complexity index is 575. The Morgan fingerprint density at radius 3 is 2.91 bits per heavy atom. The van der Waals surface area contributed by atoms with Gasteiger partial charge < -0.3 is 14.4 Å². The maximum absolute atomic E-state index is 13.0. The van der Waals surface area contributed by atoms with Crippen molar-refractivity contribution in [1.29, 1.82) is 0 Å². The Balaban J connectivity index is 1.58. The van der Waals surface area contributed by atoms with E-state index in [1.54, 1.807) is 0 Å². The third-order valence-corrected chi connectivity index (χ3v) is 4.89. The highest BCUT2D eigenvalue weighted by molar-refractivity contribution is 5.98. The SMILES string of the molecule is O=C(c1cccc2c1OCCO2)N1CCCN2CCCC2C1. The molecule has 0 radical (unpaired) electrons. The number of amides is 1. The molecule has 0 saturated carbocycles. The molecular weight excluding hydrogens is 280 g/mol. The number of hydrogen-bond acceptors (Lipinski definition) is 4. The Kier molecular flexibility index (Phi) is 3.66. The molecule has 1 aromatic carbocycles. The Morgan fingerprint density at radius 2 is 1.95 bits per heavy atom. The third-order valence-electron chi connectivity index (χ3n) is 4.89. The van der Waals surface area contributed by atoms with Crippen LogP contribution in [0.15, 0.2) is 18.2 Å². The molecule has 22 heavy (non-hydrogen) atoms. The number of carbonyl (C=O) groups is 1. The Labute approximate surface area is 130 Å². The molecule has 5 nitrogen and oxygen atoms in total. The van der Waals surface area contributed by atoms with Crippen LogP contribution in [0.25, 0.3) is 0 Å². The van der Waals surface area contributed by atoms with Crippen LogP contribution in [0.2, 0.25) is 0 Å². The van der Waals surface area contributed by atoms with E-state index >= 15 is 0 Å². The minimum absolute atomic E-state index is 0.0797. The molecule has 2 fully saturated rings. The van der Waals surface area contributed by atoms with E-state index in [0.29, 0.717) is 36.3 Å². The predicted molar refractivity (Wildman–Crippen MR) is 82.5 cm³/mol. The van der Waals surface area contributed by atoms with Crippen molar-refractivity contribution < 1.29 is 14.3 Å². The van der Waals surface area contributed by atoms with Crippen LogP contribution in [0.3, 0.4) is 0 Å². The molecule has 5 heteroatoms. The lowest BCUT2D eigenvalue weighted by atomic mass is 10.1. The van der Waals surface area contributed by atoms with Crippen LogP contribution in [0, 0.1) is 0 Å². The second kappa shape index (κ2) is 5.80. The van der Waals surface area contributed by atoms with Crippen molar-refractivity contribution in [1.82, 2.24) is 9.80 Å². The van der Waals surface area contributed by atoms with Crippen LogP contribution in [-0.2, 0) is 0 Å². The number of para-hydroxylation sites is 1. The second-order valence-electron chi connectivity index (χ2n) is 6.27. The quantitative estimate of drug-likeness (QED) is 0.793. The monoisotopic (exact) mass is 302 g/mol. The van der Waals surface area contributed by atoms with Crippen molar-refractivity contribution in [2.24, 2.45) is 0 Å². The fourth-order valence-corrected chi connectivity index (χ4v) is 3.80. The highest BCUT2D eigenvalue weighted by Crippen LogP contribution is 2.34. The molecule has 0 spiro atoms. The second-order valence-corrected chi connectivity index (χ2v) is 6.27. The molecule has 1 amide bonds. The fourth-order valence-electron chi connectivity index (χ4n) is 3.80. The molecule has 0 N–H and O–H groups in total. The van der Waals surface area contributed by atoms with Gasteiger partial charge in [-0.2, -0.15) is 0 Å². The predicted octanol–water partition coefficient (Wildman–Crippen LogP) is 1.77. The first-order valence-electron chi connectivity index (χ1n) is 8.25. The van der Waals surface area contributed by atoms with E-state index in [-0.39, 0.29) is 5.91 Å². The van der Waals surface area contributed by atoms with Crippen LogP contribution in [0.4, 0.5) is 0 Å². The summed E-state index contributed by atoms with van der Waals surface area (Å²) >= 11 is 0. The summed E-state index contributed by atoms with van der Waals surface area (Å²) < 4.78 is 11.3. The number of fused-ring (bicyclic) bond motifs is 2. The number of nitrogens with zero attached hydrogens (tertiary/aromatic N) is 2. The van der Waals surface area contributed by atoms with E-state index in [9.17, 15) is 4.79 Å². The molecule has 0 bridgehead atoms. The number of rotatable bonds is 1. The fraction of sp³-hybridized carbons (Fsp3) is 0.588. The molecule has 1 unspecified atom stereocenters. The number of carbonyl (C=O) groups excluding carboxylic acids is 1. The summed E-state index contributed by atoms with van der Waals surface area (Å²) in [5, 5.41) is 0. The van der Waals surface area contributed by atoms with Crippen molar-refractivity contribution in [3.63, 3.8) is 0 Å². The topological polar surface area (TPSA) is 42.0 Å². The Morgan fingerprint density at radius 1 is 1.09 bits per heavy atom. The van der Waals surface area contributed by atoms with Gasteiger partial charge in [-0.05, 0) is 37.9 Å². The van der Waals surface area contributed by atoms with Crippen molar-refractivity contribution in [3.05, 3.63) is 23.8 Å². The van der Waals surface area contributed by atoms with Gasteiger partial charge in [0, 0.05) is 25.7 Å². The summed E-state index contributed by atoms with van der Waals surface area (Å²) in [4.78, 5) is 17.5. The van der Waals surface area contributed by atoms with Crippen molar-refractivity contribution in [2.75, 3.05) is 39.4 Å². The van der Waals surface area contributed by atoms with Gasteiger partial charge in [-0.1, -0.05) is 6.07 Å². The van der Waals surface area contributed by atoms with Gasteiger partial charge in [0.05, 0.1) is 5.56 Å². The van der Waals surface area contributed by atoms with Crippen molar-refractivity contribution in [3.8, 4) is 11.5 Å². The molecule has 1 aromatic rings. The van der Waals surface area contributed by atoms with E-state index in [1.165, 1.54) is 19.4 Å². The average Bonchev–Trinajstić information content (AvgIpc) is 2.90. The lowest BCUT2D eigenvalue weighted by molar-refractivity contribution is 0.0733. The Hall–Kier alpha value is -1.75. The molecule has 0 aliphatic carbocycles. The zero-order valence-corrected chi connectivity index (χ0v) is 12.8. The van der Waals surface area contributed by atoms with E-state index in [2.05, 4.69) is 4.90 Å². The first-order valence-corrected chi connectivity index (χ1v) is 8.25. The molecule has 0 aromatic heterocycles. The van der Waals surface area contributed by atoms with Crippen molar-refractivity contribution >= 4 is 5.91 Å². The van der Waals surface area contributed by atoms with E-state index in [4.69, 9.17) is 9.47 Å². The summed E-state index contributed by atoms with van der Waals surface area (Å²) in [7, 11) is 0. The van der Waals surface area contributed by atoms with Gasteiger partial charge in [0.15, 0.2) is 11.5 Å². The van der Waals surface area contributed by atoms with Crippen LogP contribution in [-0.4, -0.2) is 61.1 Å². The number of benzene rings is 1. The van der Waals surface area contributed by atoms with Gasteiger partial charge in [0.1, 0.15) is 13.2 Å². The number of ether oxygens (including phenoxy) is 2. The molecule has 4 rings (SSSR count). The van der Waals surface area contributed by atoms with E-state index in [1.807, 2.05) is 23.1 Å². The van der Waals surface area contributed by atoms with Gasteiger partial charge in [0.2, 0.25) is 0 Å². The van der Waals surface area contributed by atoms with Crippen LogP contribution in [0.1, 0.15) is 29.6 Å². The summed E-state index contributed by atoms with van der Waals surface area (Å²) in [6.07, 6.45) is 3.51. The average molecular weight is 302 g/mol. The van der Waals surface area contributed by atoms with E-state index in [0.717, 1.165) is 26.1 Å². The van der Waals surface area contributed by atoms with Gasteiger partial charge in [-0.3, -0.25) is 9.69 Å². The number of hydrogen-bond donors (Lipinski definition) is 0. The van der Waals surface area contributed by atoms with Crippen LogP contribution < -0.4 is 9.47 Å². The van der Waals surface area contributed by atoms with Crippen LogP contribution in [0.5, 0.6) is 11.5 Å². The maximum Gasteiger partial charge on any atom is 0.257 e. The summed E-state index contributed by atoms with van der Waals surface area (Å²) in [5.74, 6) is 1.39. The zero-order chi connectivity index (χ0) is 14.9. The van der Waals surface area contributed by atoms with Gasteiger partial charge >= 0.3 is 0 Å². The van der Waals surface area contributed by atoms with Gasteiger partial charge in [-0.25, -0.2) is 0 Å². The molecule has 1 atom stereocenters. The molecule has 3 aliphatic heterocycles. The molecule has 3 aliphatic rings. The molecular formula is C17H22N2O3. The summed E-state index contributed by atoms with van der Waals surface area (Å²) in [5.41, 5.74) is 0.642. The smallest absolute Gasteiger partial charge is 0.257 e. The minimum atomic E-state index is 0.0797. The zero-order valence-electron chi connectivity index (χ0n) is 12.8. The molecule has 3 heterocycles. The highest BCUT2D eigenvalue weighted by Gasteiger charge is 2.32. The standard InChI is InChI=1S/C17H22N2O3/c20-17(14-5-1-6-15-16(14)22-11-10-21-15)19-9-3-8-18-7-2-4-13(18)12-19/h1,5-6,13H,2-4,7-12H2. The molecule has 118 valence electrons. The maximum atomic E-state index is 13.0. The molecule has 2 saturated heterocycles. The summed E-state index contributed by atoms with van der Waals surface area (Å²) in [6.45, 7) is 5.02. The van der Waals surface area contributed by atoms with Gasteiger partial charge in [-0.15, -0.1) is 0 Å². The first-order chi connectivity index (χ1) is 10.8. The van der Waals surface area contributed by atoms with Crippen LogP contribution >= 0.6 is 0 Å². The normalized spacial score (nSPS) is 24.7. The van der Waals surface area contributed by atoms with E-state index < -0.39 is 0 Å². The first kappa shape index (κ1) is 13.9. The largest absolute Gasteiger partial charge is 0.486 e. The summed E-state index contributed by atoms with van der Waals surface area (Å²) in [6, 6.07) is 6.13. The highest BCUT2D eigenvalue weighted by atomic mass is 16.6. The third kappa shape index (κ3) is 2.43. The van der Waals surface area contributed by atoms with Crippen molar-refractivity contribution in [2.45, 2.75) is 25.3 Å². The lowest BCUT2D eigenvalue weighted by Crippen LogP contribution is -2.39.